The van der Waals surface area contributed by atoms with Crippen LogP contribution in [0.2, 0.25) is 0 Å². The molecule has 1 aromatic carbocycles. The lowest BCUT2D eigenvalue weighted by molar-refractivity contribution is 0.111. The molecule has 2 fully saturated rings. The molecule has 3 rings (SSSR count). The summed E-state index contributed by atoms with van der Waals surface area (Å²) in [6.45, 7) is 3.82. The molecule has 4 nitrogen and oxygen atoms in total. The molecule has 1 saturated heterocycles. The van der Waals surface area contributed by atoms with Gasteiger partial charge >= 0.3 is 0 Å². The highest BCUT2D eigenvalue weighted by molar-refractivity contribution is 5.37. The van der Waals surface area contributed by atoms with E-state index < -0.39 is 0 Å². The van der Waals surface area contributed by atoms with Crippen LogP contribution in [0.5, 0.6) is 5.75 Å². The van der Waals surface area contributed by atoms with Crippen molar-refractivity contribution >= 4 is 0 Å². The fourth-order valence-electron chi connectivity index (χ4n) is 4.52. The van der Waals surface area contributed by atoms with E-state index in [1.54, 1.807) is 7.11 Å². The summed E-state index contributed by atoms with van der Waals surface area (Å²) < 4.78 is 11.2. The van der Waals surface area contributed by atoms with E-state index >= 15 is 0 Å². The zero-order chi connectivity index (χ0) is 18.2. The molecule has 0 spiro atoms. The van der Waals surface area contributed by atoms with Crippen LogP contribution in [0.25, 0.3) is 0 Å². The van der Waals surface area contributed by atoms with E-state index in [4.69, 9.17) is 9.47 Å². The van der Waals surface area contributed by atoms with E-state index in [0.717, 1.165) is 63.2 Å². The maximum Gasteiger partial charge on any atom is 0.119 e. The maximum absolute atomic E-state index is 9.71. The molecule has 0 N–H and O–H groups in total. The van der Waals surface area contributed by atoms with Crippen LogP contribution < -0.4 is 4.74 Å². The van der Waals surface area contributed by atoms with Gasteiger partial charge in [-0.05, 0) is 56.3 Å². The number of ether oxygens (including phenoxy) is 2. The summed E-state index contributed by atoms with van der Waals surface area (Å²) in [5.41, 5.74) is 0.884. The predicted octanol–water partition coefficient (Wildman–Crippen LogP) is 4.29. The average Bonchev–Trinajstić information content (AvgIpc) is 3.14. The fraction of sp³-hybridized carbons (Fsp3) is 0.682. The lowest BCUT2D eigenvalue weighted by atomic mass is 9.70. The Morgan fingerprint density at radius 1 is 1.15 bits per heavy atom. The van der Waals surface area contributed by atoms with Gasteiger partial charge in [-0.2, -0.15) is 5.26 Å². The van der Waals surface area contributed by atoms with Crippen LogP contribution in [0, 0.1) is 11.3 Å². The van der Waals surface area contributed by atoms with Crippen LogP contribution in [0.3, 0.4) is 0 Å². The van der Waals surface area contributed by atoms with Gasteiger partial charge in [0.05, 0.1) is 24.7 Å². The van der Waals surface area contributed by atoms with Gasteiger partial charge in [0.25, 0.3) is 0 Å². The van der Waals surface area contributed by atoms with Crippen molar-refractivity contribution in [3.05, 3.63) is 29.8 Å². The third kappa shape index (κ3) is 4.58. The first-order valence-electron chi connectivity index (χ1n) is 10.1. The van der Waals surface area contributed by atoms with Crippen LogP contribution >= 0.6 is 0 Å². The van der Waals surface area contributed by atoms with Crippen molar-refractivity contribution in [1.82, 2.24) is 4.90 Å². The number of methoxy groups -OCH3 is 1. The Hall–Kier alpha value is -1.57. The molecule has 1 aliphatic carbocycles. The minimum absolute atomic E-state index is 0.275. The van der Waals surface area contributed by atoms with Crippen molar-refractivity contribution in [1.29, 1.82) is 5.26 Å². The third-order valence-corrected chi connectivity index (χ3v) is 6.04. The van der Waals surface area contributed by atoms with E-state index in [2.05, 4.69) is 23.1 Å². The SMILES string of the molecule is COC[C@H]1CCCN1CCCOc1ccc(C2(C#N)CCCCC2)cc1. The van der Waals surface area contributed by atoms with Crippen molar-refractivity contribution in [3.8, 4) is 11.8 Å². The molecule has 26 heavy (non-hydrogen) atoms. The molecule has 142 valence electrons. The Labute approximate surface area is 158 Å². The number of benzene rings is 1. The molecular formula is C22H32N2O2. The van der Waals surface area contributed by atoms with Gasteiger partial charge in [-0.3, -0.25) is 4.90 Å². The van der Waals surface area contributed by atoms with Gasteiger partial charge in [-0.1, -0.05) is 31.4 Å². The second-order valence-electron chi connectivity index (χ2n) is 7.77. The summed E-state index contributed by atoms with van der Waals surface area (Å²) in [7, 11) is 1.78. The average molecular weight is 357 g/mol. The molecular weight excluding hydrogens is 324 g/mol. The van der Waals surface area contributed by atoms with Gasteiger partial charge in [0, 0.05) is 19.7 Å². The molecule has 1 aromatic rings. The van der Waals surface area contributed by atoms with Crippen LogP contribution in [-0.4, -0.2) is 44.4 Å². The second kappa shape index (κ2) is 9.39. The standard InChI is InChI=1S/C22H32N2O2/c1-25-17-20-7-5-14-24(20)15-6-16-26-21-10-8-19(9-11-21)22(18-23)12-3-2-4-13-22/h8-11,20H,2-7,12-17H2,1H3/t20-/m1/s1. The summed E-state index contributed by atoms with van der Waals surface area (Å²) in [4.78, 5) is 2.52. The quantitative estimate of drug-likeness (QED) is 0.652. The van der Waals surface area contributed by atoms with E-state index in [-0.39, 0.29) is 5.41 Å². The molecule has 2 aliphatic rings. The number of hydrogen-bond acceptors (Lipinski definition) is 4. The van der Waals surface area contributed by atoms with Crippen molar-refractivity contribution in [2.24, 2.45) is 0 Å². The maximum atomic E-state index is 9.71. The van der Waals surface area contributed by atoms with Crippen molar-refractivity contribution in [2.45, 2.75) is 62.8 Å². The summed E-state index contributed by atoms with van der Waals surface area (Å²) in [5, 5.41) is 9.71. The molecule has 1 aliphatic heterocycles. The number of rotatable bonds is 8. The zero-order valence-corrected chi connectivity index (χ0v) is 16.1. The molecule has 0 aromatic heterocycles. The van der Waals surface area contributed by atoms with Gasteiger partial charge < -0.3 is 9.47 Å². The highest BCUT2D eigenvalue weighted by Gasteiger charge is 2.33. The van der Waals surface area contributed by atoms with Gasteiger partial charge in [0.2, 0.25) is 0 Å². The first-order valence-corrected chi connectivity index (χ1v) is 10.1. The summed E-state index contributed by atoms with van der Waals surface area (Å²) in [5.74, 6) is 0.910. The number of hydrogen-bond donors (Lipinski definition) is 0. The Bertz CT molecular complexity index is 587. The van der Waals surface area contributed by atoms with Gasteiger partial charge in [0.1, 0.15) is 5.75 Å². The molecule has 4 heteroatoms. The highest BCUT2D eigenvalue weighted by Crippen LogP contribution is 2.39. The largest absolute Gasteiger partial charge is 0.494 e. The van der Waals surface area contributed by atoms with E-state index in [1.807, 2.05) is 12.1 Å². The number of nitriles is 1. The molecule has 0 bridgehead atoms. The predicted molar refractivity (Wildman–Crippen MR) is 103 cm³/mol. The van der Waals surface area contributed by atoms with Crippen LogP contribution in [0.15, 0.2) is 24.3 Å². The molecule has 1 atom stereocenters. The number of nitrogens with zero attached hydrogens (tertiary/aromatic N) is 2. The summed E-state index contributed by atoms with van der Waals surface area (Å²) >= 11 is 0. The lowest BCUT2D eigenvalue weighted by Gasteiger charge is -2.31. The van der Waals surface area contributed by atoms with E-state index in [1.165, 1.54) is 25.8 Å². The molecule has 0 amide bonds. The van der Waals surface area contributed by atoms with Crippen molar-refractivity contribution in [3.63, 3.8) is 0 Å². The van der Waals surface area contributed by atoms with Gasteiger partial charge in [0.15, 0.2) is 0 Å². The topological polar surface area (TPSA) is 45.5 Å². The summed E-state index contributed by atoms with van der Waals surface area (Å²) in [6, 6.07) is 11.4. The molecule has 1 heterocycles. The minimum atomic E-state index is -0.275. The zero-order valence-electron chi connectivity index (χ0n) is 16.1. The number of likely N-dealkylation sites (tertiary alicyclic amines) is 1. The first-order chi connectivity index (χ1) is 12.8. The van der Waals surface area contributed by atoms with E-state index in [0.29, 0.717) is 6.04 Å². The van der Waals surface area contributed by atoms with Crippen molar-refractivity contribution < 1.29 is 9.47 Å². The Morgan fingerprint density at radius 3 is 2.62 bits per heavy atom. The molecule has 0 unspecified atom stereocenters. The lowest BCUT2D eigenvalue weighted by Crippen LogP contribution is -2.34. The van der Waals surface area contributed by atoms with Crippen LogP contribution in [0.4, 0.5) is 0 Å². The molecule has 1 saturated carbocycles. The van der Waals surface area contributed by atoms with E-state index in [9.17, 15) is 5.26 Å². The summed E-state index contributed by atoms with van der Waals surface area (Å²) in [6.07, 6.45) is 9.11. The second-order valence-corrected chi connectivity index (χ2v) is 7.77. The molecule has 0 radical (unpaired) electrons. The van der Waals surface area contributed by atoms with Crippen LogP contribution in [-0.2, 0) is 10.2 Å². The first kappa shape index (κ1) is 19.2. The monoisotopic (exact) mass is 356 g/mol. The third-order valence-electron chi connectivity index (χ3n) is 6.04. The Kier molecular flexibility index (Phi) is 6.93. The minimum Gasteiger partial charge on any atom is -0.494 e. The normalized spacial score (nSPS) is 22.8. The Morgan fingerprint density at radius 2 is 1.92 bits per heavy atom. The van der Waals surface area contributed by atoms with Gasteiger partial charge in [-0.15, -0.1) is 0 Å². The van der Waals surface area contributed by atoms with Crippen LogP contribution in [0.1, 0.15) is 56.9 Å². The Balaban J connectivity index is 1.45. The highest BCUT2D eigenvalue weighted by atomic mass is 16.5. The smallest absolute Gasteiger partial charge is 0.119 e. The van der Waals surface area contributed by atoms with Gasteiger partial charge in [-0.25, -0.2) is 0 Å². The van der Waals surface area contributed by atoms with Crippen molar-refractivity contribution in [2.75, 3.05) is 33.4 Å². The fourth-order valence-corrected chi connectivity index (χ4v) is 4.52.